The molecule has 0 aromatic carbocycles. The molecule has 0 amide bonds. The number of hydrogen-bond acceptors (Lipinski definition) is 9. The van der Waals surface area contributed by atoms with Crippen molar-refractivity contribution >= 4 is 25.5 Å². The summed E-state index contributed by atoms with van der Waals surface area (Å²) in [5.41, 5.74) is 0. The Hall–Kier alpha value is -2.36. The van der Waals surface area contributed by atoms with Gasteiger partial charge in [0.15, 0.2) is 11.9 Å². The molecule has 10 nitrogen and oxygen atoms in total. The lowest BCUT2D eigenvalue weighted by atomic mass is 10.1. The molecule has 0 aromatic rings. The lowest BCUT2D eigenvalue weighted by Gasteiger charge is -2.28. The van der Waals surface area contributed by atoms with Crippen molar-refractivity contribution in [3.63, 3.8) is 0 Å². The number of ether oxygens (including phenoxy) is 2. The Morgan fingerprint density at radius 2 is 1.19 bits per heavy atom. The summed E-state index contributed by atoms with van der Waals surface area (Å²) in [5, 5.41) is 0. The van der Waals surface area contributed by atoms with E-state index in [0.717, 1.165) is 51.4 Å². The number of phosphoric ester groups is 1. The van der Waals surface area contributed by atoms with Crippen LogP contribution in [0.5, 0.6) is 0 Å². The number of likely N-dealkylation sites (N-methyl/N-ethyl adjacent to an activating group) is 1. The second-order valence-electron chi connectivity index (χ2n) is 14.7. The molecule has 0 aliphatic rings. The zero-order chi connectivity index (χ0) is 39.5. The van der Waals surface area contributed by atoms with Crippen LogP contribution in [0, 0.1) is 0 Å². The van der Waals surface area contributed by atoms with Gasteiger partial charge in [-0.15, -0.1) is 0 Å². The minimum Gasteiger partial charge on any atom is -0.756 e. The van der Waals surface area contributed by atoms with Crippen LogP contribution in [0.2, 0.25) is 0 Å². The molecule has 0 aliphatic carbocycles. The number of ketones is 1. The first-order valence-electron chi connectivity index (χ1n) is 20.3. The predicted octanol–water partition coefficient (Wildman–Crippen LogP) is 9.68. The van der Waals surface area contributed by atoms with Crippen LogP contribution in [0.15, 0.2) is 48.6 Å². The number of esters is 2. The van der Waals surface area contributed by atoms with Crippen LogP contribution in [-0.4, -0.2) is 75.8 Å². The lowest BCUT2D eigenvalue weighted by molar-refractivity contribution is -0.870. The summed E-state index contributed by atoms with van der Waals surface area (Å²) < 4.78 is 33.7. The van der Waals surface area contributed by atoms with Gasteiger partial charge in [-0.2, -0.15) is 0 Å². The molecule has 53 heavy (non-hydrogen) atoms. The van der Waals surface area contributed by atoms with Crippen LogP contribution >= 0.6 is 7.82 Å². The number of carbonyl (C=O) groups excluding carboxylic acids is 3. The van der Waals surface area contributed by atoms with Crippen LogP contribution in [0.1, 0.15) is 149 Å². The number of phosphoric acid groups is 1. The highest BCUT2D eigenvalue weighted by Crippen LogP contribution is 2.38. The van der Waals surface area contributed by atoms with Crippen LogP contribution in [-0.2, 0) is 37.5 Å². The Labute approximate surface area is 322 Å². The molecule has 0 aliphatic heterocycles. The van der Waals surface area contributed by atoms with Gasteiger partial charge >= 0.3 is 11.9 Å². The topological polar surface area (TPSA) is 128 Å². The quantitative estimate of drug-likeness (QED) is 0.0116. The van der Waals surface area contributed by atoms with Gasteiger partial charge in [0, 0.05) is 19.3 Å². The normalized spacial score (nSPS) is 14.1. The first kappa shape index (κ1) is 50.6. The molecule has 306 valence electrons. The first-order chi connectivity index (χ1) is 25.4. The number of hydrogen-bond donors (Lipinski definition) is 0. The van der Waals surface area contributed by atoms with E-state index in [1.165, 1.54) is 44.9 Å². The van der Waals surface area contributed by atoms with Crippen molar-refractivity contribution in [3.8, 4) is 0 Å². The molecule has 0 aromatic heterocycles. The summed E-state index contributed by atoms with van der Waals surface area (Å²) in [7, 11) is 1.10. The molecule has 0 rings (SSSR count). The van der Waals surface area contributed by atoms with E-state index in [4.69, 9.17) is 18.5 Å². The molecule has 0 N–H and O–H groups in total. The van der Waals surface area contributed by atoms with E-state index in [1.807, 2.05) is 45.4 Å². The Morgan fingerprint density at radius 1 is 0.642 bits per heavy atom. The Morgan fingerprint density at radius 3 is 1.83 bits per heavy atom. The minimum atomic E-state index is -4.64. The highest BCUT2D eigenvalue weighted by molar-refractivity contribution is 7.45. The van der Waals surface area contributed by atoms with Crippen molar-refractivity contribution < 1.29 is 46.8 Å². The van der Waals surface area contributed by atoms with Crippen molar-refractivity contribution in [1.29, 1.82) is 0 Å². The Bertz CT molecular complexity index is 1110. The second kappa shape index (κ2) is 34.2. The highest BCUT2D eigenvalue weighted by atomic mass is 31.2. The molecule has 0 saturated heterocycles. The maximum absolute atomic E-state index is 12.6. The monoisotopic (exact) mass is 768 g/mol. The Balaban J connectivity index is 4.53. The molecule has 0 heterocycles. The van der Waals surface area contributed by atoms with Crippen LogP contribution in [0.25, 0.3) is 0 Å². The maximum atomic E-state index is 12.6. The summed E-state index contributed by atoms with van der Waals surface area (Å²) in [6, 6.07) is 0. The highest BCUT2D eigenvalue weighted by Gasteiger charge is 2.21. The fourth-order valence-corrected chi connectivity index (χ4v) is 5.80. The number of unbranched alkanes of at least 4 members (excludes halogenated alkanes) is 13. The van der Waals surface area contributed by atoms with Gasteiger partial charge in [0.1, 0.15) is 19.8 Å². The van der Waals surface area contributed by atoms with Crippen molar-refractivity contribution in [2.24, 2.45) is 0 Å². The van der Waals surface area contributed by atoms with Crippen molar-refractivity contribution in [1.82, 2.24) is 0 Å². The number of nitrogens with zero attached hydrogens (tertiary/aromatic N) is 1. The van der Waals surface area contributed by atoms with Gasteiger partial charge in [-0.3, -0.25) is 18.9 Å². The summed E-state index contributed by atoms with van der Waals surface area (Å²) in [6.07, 6.45) is 34.1. The number of quaternary nitrogens is 1. The molecule has 1 unspecified atom stereocenters. The molecular formula is C42H74NO9P. The van der Waals surface area contributed by atoms with Crippen LogP contribution in [0.3, 0.4) is 0 Å². The summed E-state index contributed by atoms with van der Waals surface area (Å²) in [5.74, 6) is -0.769. The van der Waals surface area contributed by atoms with Gasteiger partial charge in [-0.1, -0.05) is 133 Å². The number of rotatable bonds is 36. The summed E-state index contributed by atoms with van der Waals surface area (Å²) in [4.78, 5) is 49.0. The van der Waals surface area contributed by atoms with Gasteiger partial charge in [0.2, 0.25) is 0 Å². The van der Waals surface area contributed by atoms with Gasteiger partial charge in [-0.05, 0) is 44.6 Å². The standard InChI is InChI=1S/C42H74NO9P/c1-6-8-10-11-12-13-15-20-23-26-30-34-42(46)52-40(38-51-53(47,48)50-36-35-43(3,4)5)37-49-41(45)33-29-25-22-19-17-14-16-18-21-24-28-32-39(44)31-27-9-7-2/h14,16,19,21-22,24,28,32,40H,6-13,15,17-18,20,23,25-27,29-31,33-38H2,1-5H3/b16-14-,22-19-,24-21-,32-28+/t40-/m1/s1. The van der Waals surface area contributed by atoms with E-state index < -0.39 is 32.5 Å². The number of carbonyl (C=O) groups is 3. The van der Waals surface area contributed by atoms with Crippen molar-refractivity contribution in [3.05, 3.63) is 48.6 Å². The van der Waals surface area contributed by atoms with E-state index in [9.17, 15) is 23.8 Å². The van der Waals surface area contributed by atoms with Crippen molar-refractivity contribution in [2.45, 2.75) is 155 Å². The Kier molecular flexibility index (Phi) is 32.6. The van der Waals surface area contributed by atoms with E-state index in [2.05, 4.69) is 26.0 Å². The summed E-state index contributed by atoms with van der Waals surface area (Å²) >= 11 is 0. The fourth-order valence-electron chi connectivity index (χ4n) is 5.07. The van der Waals surface area contributed by atoms with Crippen LogP contribution in [0.4, 0.5) is 0 Å². The smallest absolute Gasteiger partial charge is 0.306 e. The predicted molar refractivity (Wildman–Crippen MR) is 213 cm³/mol. The third-order valence-corrected chi connectivity index (χ3v) is 9.29. The average molecular weight is 768 g/mol. The van der Waals surface area contributed by atoms with E-state index >= 15 is 0 Å². The van der Waals surface area contributed by atoms with E-state index in [-0.39, 0.29) is 31.8 Å². The van der Waals surface area contributed by atoms with Gasteiger partial charge < -0.3 is 27.9 Å². The van der Waals surface area contributed by atoms with Crippen molar-refractivity contribution in [2.75, 3.05) is 47.5 Å². The van der Waals surface area contributed by atoms with E-state index in [1.54, 1.807) is 12.2 Å². The minimum absolute atomic E-state index is 0.0497. The third kappa shape index (κ3) is 37.7. The average Bonchev–Trinajstić information content (AvgIpc) is 3.09. The summed E-state index contributed by atoms with van der Waals surface area (Å²) in [6.45, 7) is 3.95. The molecule has 0 spiro atoms. The molecule has 0 fully saturated rings. The van der Waals surface area contributed by atoms with E-state index in [0.29, 0.717) is 36.7 Å². The zero-order valence-corrected chi connectivity index (χ0v) is 34.8. The zero-order valence-electron chi connectivity index (χ0n) is 33.9. The first-order valence-corrected chi connectivity index (χ1v) is 21.8. The molecule has 0 bridgehead atoms. The van der Waals surface area contributed by atoms with Gasteiger partial charge in [-0.25, -0.2) is 0 Å². The molecule has 2 atom stereocenters. The largest absolute Gasteiger partial charge is 0.756 e. The third-order valence-electron chi connectivity index (χ3n) is 8.33. The fraction of sp³-hybridized carbons (Fsp3) is 0.738. The molecule has 11 heteroatoms. The molecule has 0 saturated carbocycles. The number of allylic oxidation sites excluding steroid dienone is 8. The van der Waals surface area contributed by atoms with Gasteiger partial charge in [0.05, 0.1) is 27.7 Å². The van der Waals surface area contributed by atoms with Gasteiger partial charge in [0.25, 0.3) is 7.82 Å². The lowest BCUT2D eigenvalue weighted by Crippen LogP contribution is -2.37. The molecular weight excluding hydrogens is 693 g/mol. The SMILES string of the molecule is CCCCCCCCCCCCCC(=O)O[C@H](COC(=O)CCC/C=C\C/C=C\C/C=C\C=C\C(=O)CCCCC)COP(=O)([O-])OCC[N+](C)(C)C. The maximum Gasteiger partial charge on any atom is 0.306 e. The molecule has 0 radical (unpaired) electrons. The van der Waals surface area contributed by atoms with Crippen LogP contribution < -0.4 is 4.89 Å². The second-order valence-corrected chi connectivity index (χ2v) is 16.1.